The van der Waals surface area contributed by atoms with Crippen LogP contribution >= 0.6 is 0 Å². The van der Waals surface area contributed by atoms with E-state index in [-0.39, 0.29) is 18.6 Å². The fraction of sp³-hybridized carbons (Fsp3) is 0.389. The van der Waals surface area contributed by atoms with E-state index in [0.29, 0.717) is 12.5 Å². The van der Waals surface area contributed by atoms with Crippen molar-refractivity contribution in [1.29, 1.82) is 0 Å². The van der Waals surface area contributed by atoms with Crippen LogP contribution in [0.3, 0.4) is 0 Å². The highest BCUT2D eigenvalue weighted by Crippen LogP contribution is 2.23. The Morgan fingerprint density at radius 3 is 2.77 bits per heavy atom. The van der Waals surface area contributed by atoms with Crippen LogP contribution in [0, 0.1) is 5.92 Å². The number of rotatable bonds is 4. The Hall–Kier alpha value is -2.07. The van der Waals surface area contributed by atoms with E-state index in [4.69, 9.17) is 10.5 Å². The first-order valence-corrected chi connectivity index (χ1v) is 7.78. The molecule has 4 nitrogen and oxygen atoms in total. The third-order valence-electron chi connectivity index (χ3n) is 4.40. The summed E-state index contributed by atoms with van der Waals surface area (Å²) in [4.78, 5) is 14.2. The molecule has 0 spiro atoms. The minimum Gasteiger partial charge on any atom is -0.484 e. The second kappa shape index (κ2) is 6.36. The maximum Gasteiger partial charge on any atom is 0.260 e. The van der Waals surface area contributed by atoms with Crippen molar-refractivity contribution in [2.75, 3.05) is 19.7 Å². The minimum atomic E-state index is 0.0385. The molecule has 1 fully saturated rings. The van der Waals surface area contributed by atoms with E-state index in [1.807, 2.05) is 41.3 Å². The van der Waals surface area contributed by atoms with Gasteiger partial charge in [-0.2, -0.15) is 0 Å². The molecule has 2 unspecified atom stereocenters. The van der Waals surface area contributed by atoms with Gasteiger partial charge in [0.05, 0.1) is 0 Å². The molecule has 4 heteroatoms. The van der Waals surface area contributed by atoms with Gasteiger partial charge in [-0.15, -0.1) is 0 Å². The molecular formula is C18H22N2O2. The molecule has 2 N–H and O–H groups in total. The molecule has 1 aliphatic rings. The van der Waals surface area contributed by atoms with E-state index >= 15 is 0 Å². The molecule has 2 aromatic rings. The van der Waals surface area contributed by atoms with Gasteiger partial charge in [0.2, 0.25) is 0 Å². The molecule has 0 saturated carbocycles. The topological polar surface area (TPSA) is 55.6 Å². The van der Waals surface area contributed by atoms with Gasteiger partial charge in [0.25, 0.3) is 5.91 Å². The van der Waals surface area contributed by atoms with Gasteiger partial charge in [-0.25, -0.2) is 0 Å². The highest BCUT2D eigenvalue weighted by Gasteiger charge is 2.31. The summed E-state index contributed by atoms with van der Waals surface area (Å²) >= 11 is 0. The zero-order valence-electron chi connectivity index (χ0n) is 12.9. The normalized spacial score (nSPS) is 21.3. The molecule has 1 amide bonds. The second-order valence-corrected chi connectivity index (χ2v) is 6.03. The minimum absolute atomic E-state index is 0.0385. The Morgan fingerprint density at radius 2 is 2.05 bits per heavy atom. The third-order valence-corrected chi connectivity index (χ3v) is 4.40. The van der Waals surface area contributed by atoms with Crippen LogP contribution in [0.1, 0.15) is 13.3 Å². The van der Waals surface area contributed by atoms with Crippen LogP contribution in [0.15, 0.2) is 42.5 Å². The molecule has 2 aromatic carbocycles. The maximum atomic E-state index is 12.3. The van der Waals surface area contributed by atoms with Crippen molar-refractivity contribution in [3.8, 4) is 5.75 Å². The number of fused-ring (bicyclic) bond motifs is 1. The molecule has 22 heavy (non-hydrogen) atoms. The number of hydrogen-bond acceptors (Lipinski definition) is 3. The fourth-order valence-corrected chi connectivity index (χ4v) is 3.15. The van der Waals surface area contributed by atoms with Crippen molar-refractivity contribution in [2.45, 2.75) is 19.4 Å². The third kappa shape index (κ3) is 3.07. The van der Waals surface area contributed by atoms with E-state index in [1.165, 1.54) is 5.39 Å². The van der Waals surface area contributed by atoms with Crippen LogP contribution in [0.25, 0.3) is 10.8 Å². The van der Waals surface area contributed by atoms with Crippen LogP contribution in [-0.2, 0) is 4.79 Å². The summed E-state index contributed by atoms with van der Waals surface area (Å²) in [5.41, 5.74) is 5.71. The molecule has 116 valence electrons. The van der Waals surface area contributed by atoms with Gasteiger partial charge in [-0.05, 0) is 48.7 Å². The van der Waals surface area contributed by atoms with Crippen molar-refractivity contribution >= 4 is 16.7 Å². The number of nitrogens with two attached hydrogens (primary N) is 1. The smallest absolute Gasteiger partial charge is 0.260 e. The molecule has 0 bridgehead atoms. The van der Waals surface area contributed by atoms with E-state index in [1.54, 1.807) is 0 Å². The molecule has 3 rings (SSSR count). The number of carbonyl (C=O) groups excluding carboxylic acids is 1. The van der Waals surface area contributed by atoms with E-state index < -0.39 is 0 Å². The van der Waals surface area contributed by atoms with Crippen molar-refractivity contribution in [1.82, 2.24) is 4.90 Å². The Bertz CT molecular complexity index is 671. The number of likely N-dealkylation sites (tertiary alicyclic amines) is 1. The summed E-state index contributed by atoms with van der Waals surface area (Å²) in [6.45, 7) is 3.54. The summed E-state index contributed by atoms with van der Waals surface area (Å²) < 4.78 is 5.68. The SMILES string of the molecule is CC1CC(CN)CN1C(=O)COc1ccc2ccccc2c1. The fourth-order valence-electron chi connectivity index (χ4n) is 3.15. The first kappa shape index (κ1) is 14.9. The quantitative estimate of drug-likeness (QED) is 0.943. The highest BCUT2D eigenvalue weighted by atomic mass is 16.5. The van der Waals surface area contributed by atoms with Crippen LogP contribution in [-0.4, -0.2) is 36.5 Å². The molecule has 1 aliphatic heterocycles. The maximum absolute atomic E-state index is 12.3. The average molecular weight is 298 g/mol. The summed E-state index contributed by atoms with van der Waals surface area (Å²) in [7, 11) is 0. The van der Waals surface area contributed by atoms with Crippen molar-refractivity contribution in [2.24, 2.45) is 11.7 Å². The van der Waals surface area contributed by atoms with Crippen LogP contribution in [0.4, 0.5) is 0 Å². The average Bonchev–Trinajstić information content (AvgIpc) is 2.93. The molecule has 2 atom stereocenters. The summed E-state index contributed by atoms with van der Waals surface area (Å²) in [6.07, 6.45) is 0.984. The van der Waals surface area contributed by atoms with Gasteiger partial charge in [0, 0.05) is 12.6 Å². The van der Waals surface area contributed by atoms with Gasteiger partial charge in [-0.3, -0.25) is 4.79 Å². The number of benzene rings is 2. The van der Waals surface area contributed by atoms with Gasteiger partial charge in [0.15, 0.2) is 6.61 Å². The van der Waals surface area contributed by atoms with Crippen molar-refractivity contribution < 1.29 is 9.53 Å². The van der Waals surface area contributed by atoms with Gasteiger partial charge < -0.3 is 15.4 Å². The van der Waals surface area contributed by atoms with E-state index in [0.717, 1.165) is 24.1 Å². The Balaban J connectivity index is 1.62. The lowest BCUT2D eigenvalue weighted by atomic mass is 10.1. The van der Waals surface area contributed by atoms with Gasteiger partial charge in [0.1, 0.15) is 5.75 Å². The van der Waals surface area contributed by atoms with Crippen LogP contribution < -0.4 is 10.5 Å². The lowest BCUT2D eigenvalue weighted by Gasteiger charge is -2.21. The van der Waals surface area contributed by atoms with Gasteiger partial charge in [-0.1, -0.05) is 30.3 Å². The molecule has 1 heterocycles. The number of carbonyl (C=O) groups is 1. The molecule has 0 radical (unpaired) electrons. The Labute approximate surface area is 130 Å². The number of amides is 1. The Kier molecular flexibility index (Phi) is 4.29. The first-order valence-electron chi connectivity index (χ1n) is 7.78. The lowest BCUT2D eigenvalue weighted by molar-refractivity contribution is -0.134. The van der Waals surface area contributed by atoms with Crippen molar-refractivity contribution in [3.05, 3.63) is 42.5 Å². The standard InChI is InChI=1S/C18H22N2O2/c1-13-8-14(10-19)11-20(13)18(21)12-22-17-7-6-15-4-2-3-5-16(15)9-17/h2-7,9,13-14H,8,10-12,19H2,1H3. The highest BCUT2D eigenvalue weighted by molar-refractivity contribution is 5.84. The predicted octanol–water partition coefficient (Wildman–Crippen LogP) is 2.41. The molecule has 1 saturated heterocycles. The monoisotopic (exact) mass is 298 g/mol. The van der Waals surface area contributed by atoms with Gasteiger partial charge >= 0.3 is 0 Å². The lowest BCUT2D eigenvalue weighted by Crippen LogP contribution is -2.37. The predicted molar refractivity (Wildman–Crippen MR) is 87.8 cm³/mol. The first-order chi connectivity index (χ1) is 10.7. The summed E-state index contributed by atoms with van der Waals surface area (Å²) in [6, 6.07) is 14.2. The van der Waals surface area contributed by atoms with Crippen LogP contribution in [0.2, 0.25) is 0 Å². The summed E-state index contributed by atoms with van der Waals surface area (Å²) in [5, 5.41) is 2.28. The zero-order chi connectivity index (χ0) is 15.5. The number of nitrogens with zero attached hydrogens (tertiary/aromatic N) is 1. The summed E-state index contributed by atoms with van der Waals surface area (Å²) in [5.74, 6) is 1.19. The number of ether oxygens (including phenoxy) is 1. The number of hydrogen-bond donors (Lipinski definition) is 1. The zero-order valence-corrected chi connectivity index (χ0v) is 12.9. The molecule has 0 aromatic heterocycles. The van der Waals surface area contributed by atoms with E-state index in [9.17, 15) is 4.79 Å². The van der Waals surface area contributed by atoms with Crippen LogP contribution in [0.5, 0.6) is 5.75 Å². The van der Waals surface area contributed by atoms with Crippen molar-refractivity contribution in [3.63, 3.8) is 0 Å². The molecule has 0 aliphatic carbocycles. The van der Waals surface area contributed by atoms with E-state index in [2.05, 4.69) is 13.0 Å². The second-order valence-electron chi connectivity index (χ2n) is 6.03. The largest absolute Gasteiger partial charge is 0.484 e. The molecular weight excluding hydrogens is 276 g/mol. The Morgan fingerprint density at radius 1 is 1.27 bits per heavy atom.